The zero-order valence-electron chi connectivity index (χ0n) is 13.0. The molecule has 1 aliphatic heterocycles. The zero-order valence-corrected chi connectivity index (χ0v) is 13.8. The van der Waals surface area contributed by atoms with Crippen LogP contribution < -0.4 is 5.32 Å². The fourth-order valence-corrected chi connectivity index (χ4v) is 3.30. The fraction of sp³-hybridized carbons (Fsp3) is 0.647. The summed E-state index contributed by atoms with van der Waals surface area (Å²) in [6.07, 6.45) is 3.62. The van der Waals surface area contributed by atoms with Crippen LogP contribution in [0, 0.1) is 11.7 Å². The van der Waals surface area contributed by atoms with Crippen molar-refractivity contribution in [3.05, 3.63) is 34.6 Å². The number of benzene rings is 1. The lowest BCUT2D eigenvalue weighted by Crippen LogP contribution is -2.37. The maximum absolute atomic E-state index is 13.3. The average molecular weight is 313 g/mol. The van der Waals surface area contributed by atoms with Gasteiger partial charge in [0, 0.05) is 12.6 Å². The molecule has 1 unspecified atom stereocenters. The molecule has 0 radical (unpaired) electrons. The van der Waals surface area contributed by atoms with Crippen molar-refractivity contribution in [1.29, 1.82) is 0 Å². The van der Waals surface area contributed by atoms with Gasteiger partial charge in [0.15, 0.2) is 0 Å². The second-order valence-electron chi connectivity index (χ2n) is 6.04. The van der Waals surface area contributed by atoms with Crippen molar-refractivity contribution in [2.24, 2.45) is 5.92 Å². The molecule has 0 saturated carbocycles. The topological polar surface area (TPSA) is 15.3 Å². The second-order valence-corrected chi connectivity index (χ2v) is 6.45. The minimum absolute atomic E-state index is 0.220. The molecule has 1 heterocycles. The first-order chi connectivity index (χ1) is 10.1. The van der Waals surface area contributed by atoms with Crippen molar-refractivity contribution in [3.63, 3.8) is 0 Å². The first-order valence-electron chi connectivity index (χ1n) is 8.01. The monoisotopic (exact) mass is 312 g/mol. The van der Waals surface area contributed by atoms with Crippen LogP contribution >= 0.6 is 11.6 Å². The molecule has 1 fully saturated rings. The maximum Gasteiger partial charge on any atom is 0.141 e. The normalized spacial score (nSPS) is 18.1. The van der Waals surface area contributed by atoms with E-state index in [1.54, 1.807) is 6.07 Å². The van der Waals surface area contributed by atoms with Gasteiger partial charge in [-0.2, -0.15) is 0 Å². The van der Waals surface area contributed by atoms with Gasteiger partial charge in [0.2, 0.25) is 0 Å². The van der Waals surface area contributed by atoms with Gasteiger partial charge in [0.05, 0.1) is 5.02 Å². The van der Waals surface area contributed by atoms with E-state index < -0.39 is 0 Å². The third-order valence-electron chi connectivity index (χ3n) is 4.44. The third-order valence-corrected chi connectivity index (χ3v) is 4.73. The van der Waals surface area contributed by atoms with E-state index >= 15 is 0 Å². The van der Waals surface area contributed by atoms with Crippen molar-refractivity contribution in [3.8, 4) is 0 Å². The standard InChI is InChI=1S/C17H26ClFN2/c1-3-10-21(12-14-6-8-20-9-7-14)13(2)15-4-5-17(19)16(18)11-15/h4-5,11,13-14,20H,3,6-10,12H2,1-2H3. The summed E-state index contributed by atoms with van der Waals surface area (Å²) in [5.74, 6) is 0.421. The summed E-state index contributed by atoms with van der Waals surface area (Å²) in [5.41, 5.74) is 1.10. The SMILES string of the molecule is CCCN(CC1CCNCC1)C(C)c1ccc(F)c(Cl)c1. The van der Waals surface area contributed by atoms with E-state index in [9.17, 15) is 4.39 Å². The summed E-state index contributed by atoms with van der Waals surface area (Å²) in [4.78, 5) is 2.51. The van der Waals surface area contributed by atoms with Crippen LogP contribution in [0.3, 0.4) is 0 Å². The number of hydrogen-bond donors (Lipinski definition) is 1. The van der Waals surface area contributed by atoms with E-state index in [1.807, 2.05) is 6.07 Å². The van der Waals surface area contributed by atoms with Crippen LogP contribution in [-0.4, -0.2) is 31.1 Å². The summed E-state index contributed by atoms with van der Waals surface area (Å²) in [5, 5.41) is 3.64. The quantitative estimate of drug-likeness (QED) is 0.844. The van der Waals surface area contributed by atoms with Crippen molar-refractivity contribution < 1.29 is 4.39 Å². The predicted molar refractivity (Wildman–Crippen MR) is 87.3 cm³/mol. The molecule has 21 heavy (non-hydrogen) atoms. The second kappa shape index (κ2) is 8.11. The highest BCUT2D eigenvalue weighted by Gasteiger charge is 2.21. The van der Waals surface area contributed by atoms with Crippen molar-refractivity contribution in [2.75, 3.05) is 26.2 Å². The van der Waals surface area contributed by atoms with Crippen LogP contribution in [0.5, 0.6) is 0 Å². The molecule has 1 saturated heterocycles. The van der Waals surface area contributed by atoms with E-state index in [0.717, 1.165) is 44.1 Å². The maximum atomic E-state index is 13.3. The summed E-state index contributed by atoms with van der Waals surface area (Å²) in [7, 11) is 0. The molecule has 1 aromatic rings. The van der Waals surface area contributed by atoms with Gasteiger partial charge in [-0.3, -0.25) is 4.90 Å². The number of piperidine rings is 1. The Balaban J connectivity index is 2.06. The Kier molecular flexibility index (Phi) is 6.46. The Bertz CT molecular complexity index is 446. The summed E-state index contributed by atoms with van der Waals surface area (Å²) in [6, 6.07) is 5.38. The number of nitrogens with one attached hydrogen (secondary N) is 1. The molecule has 0 aliphatic carbocycles. The summed E-state index contributed by atoms with van der Waals surface area (Å²) < 4.78 is 13.3. The number of nitrogens with zero attached hydrogens (tertiary/aromatic N) is 1. The lowest BCUT2D eigenvalue weighted by atomic mass is 9.96. The summed E-state index contributed by atoms with van der Waals surface area (Å²) >= 11 is 5.93. The zero-order chi connectivity index (χ0) is 15.2. The lowest BCUT2D eigenvalue weighted by Gasteiger charge is -2.34. The van der Waals surface area contributed by atoms with E-state index in [-0.39, 0.29) is 16.9 Å². The van der Waals surface area contributed by atoms with E-state index in [0.29, 0.717) is 0 Å². The highest BCUT2D eigenvalue weighted by molar-refractivity contribution is 6.30. The molecular weight excluding hydrogens is 287 g/mol. The van der Waals surface area contributed by atoms with Gasteiger partial charge < -0.3 is 5.32 Å². The van der Waals surface area contributed by atoms with Gasteiger partial charge in [0.25, 0.3) is 0 Å². The molecule has 0 amide bonds. The lowest BCUT2D eigenvalue weighted by molar-refractivity contribution is 0.161. The molecular formula is C17H26ClFN2. The van der Waals surface area contributed by atoms with Crippen LogP contribution in [0.4, 0.5) is 4.39 Å². The van der Waals surface area contributed by atoms with Gasteiger partial charge in [-0.1, -0.05) is 24.6 Å². The molecule has 1 atom stereocenters. The van der Waals surface area contributed by atoms with Gasteiger partial charge in [-0.05, 0) is 69.4 Å². The molecule has 1 aliphatic rings. The molecule has 0 aromatic heterocycles. The van der Waals surface area contributed by atoms with Crippen molar-refractivity contribution in [1.82, 2.24) is 10.2 Å². The van der Waals surface area contributed by atoms with Gasteiger partial charge in [-0.15, -0.1) is 0 Å². The molecule has 0 spiro atoms. The minimum atomic E-state index is -0.340. The number of hydrogen-bond acceptors (Lipinski definition) is 2. The van der Waals surface area contributed by atoms with Crippen LogP contribution in [0.25, 0.3) is 0 Å². The molecule has 0 bridgehead atoms. The first-order valence-corrected chi connectivity index (χ1v) is 8.39. The molecule has 1 aromatic carbocycles. The highest BCUT2D eigenvalue weighted by Crippen LogP contribution is 2.27. The van der Waals surface area contributed by atoms with Gasteiger partial charge in [0.1, 0.15) is 5.82 Å². The van der Waals surface area contributed by atoms with E-state index in [2.05, 4.69) is 24.1 Å². The Morgan fingerprint density at radius 1 is 1.38 bits per heavy atom. The van der Waals surface area contributed by atoms with E-state index in [1.165, 1.54) is 18.9 Å². The molecule has 2 rings (SSSR count). The van der Waals surface area contributed by atoms with Gasteiger partial charge >= 0.3 is 0 Å². The Morgan fingerprint density at radius 2 is 2.10 bits per heavy atom. The molecule has 1 N–H and O–H groups in total. The van der Waals surface area contributed by atoms with Crippen LogP contribution in [0.1, 0.15) is 44.7 Å². The largest absolute Gasteiger partial charge is 0.317 e. The summed E-state index contributed by atoms with van der Waals surface area (Å²) in [6.45, 7) is 8.84. The van der Waals surface area contributed by atoms with Crippen molar-refractivity contribution in [2.45, 2.75) is 39.2 Å². The Morgan fingerprint density at radius 3 is 2.71 bits per heavy atom. The van der Waals surface area contributed by atoms with Crippen molar-refractivity contribution >= 4 is 11.6 Å². The first kappa shape index (κ1) is 16.7. The number of rotatable bonds is 6. The number of halogens is 2. The Hall–Kier alpha value is -0.640. The Labute approximate surface area is 132 Å². The molecule has 118 valence electrons. The van der Waals surface area contributed by atoms with Crippen LogP contribution in [0.2, 0.25) is 5.02 Å². The van der Waals surface area contributed by atoms with Crippen LogP contribution in [-0.2, 0) is 0 Å². The fourth-order valence-electron chi connectivity index (χ4n) is 3.11. The van der Waals surface area contributed by atoms with Gasteiger partial charge in [-0.25, -0.2) is 4.39 Å². The van der Waals surface area contributed by atoms with Crippen LogP contribution in [0.15, 0.2) is 18.2 Å². The van der Waals surface area contributed by atoms with E-state index in [4.69, 9.17) is 11.6 Å². The predicted octanol–water partition coefficient (Wildman–Crippen LogP) is 4.25. The minimum Gasteiger partial charge on any atom is -0.317 e. The molecule has 2 nitrogen and oxygen atoms in total. The highest BCUT2D eigenvalue weighted by atomic mass is 35.5. The smallest absolute Gasteiger partial charge is 0.141 e. The molecule has 4 heteroatoms. The third kappa shape index (κ3) is 4.67. The average Bonchev–Trinajstić information content (AvgIpc) is 2.50.